The van der Waals surface area contributed by atoms with Gasteiger partial charge < -0.3 is 20.7 Å². The quantitative estimate of drug-likeness (QED) is 0.451. The molecule has 0 unspecified atom stereocenters. The number of aromatic nitrogens is 2. The van der Waals surface area contributed by atoms with Crippen LogP contribution in [-0.2, 0) is 0 Å². The van der Waals surface area contributed by atoms with E-state index in [9.17, 15) is 4.79 Å². The highest BCUT2D eigenvalue weighted by Crippen LogP contribution is 2.30. The summed E-state index contributed by atoms with van der Waals surface area (Å²) in [6.45, 7) is 2.05. The predicted molar refractivity (Wildman–Crippen MR) is 133 cm³/mol. The molecule has 2 aromatic heterocycles. The number of amides is 1. The fraction of sp³-hybridized carbons (Fsp3) is 0.240. The lowest BCUT2D eigenvalue weighted by Gasteiger charge is -2.29. The number of hydrogen-bond donors (Lipinski definition) is 2. The van der Waals surface area contributed by atoms with Gasteiger partial charge in [0.25, 0.3) is 5.91 Å². The fourth-order valence-corrected chi connectivity index (χ4v) is 4.66. The Morgan fingerprint density at radius 1 is 1.09 bits per heavy atom. The zero-order valence-corrected chi connectivity index (χ0v) is 19.1. The van der Waals surface area contributed by atoms with Crippen molar-refractivity contribution in [2.45, 2.75) is 18.9 Å². The number of benzene rings is 2. The summed E-state index contributed by atoms with van der Waals surface area (Å²) in [7, 11) is 2.12. The molecule has 0 atom stereocenters. The summed E-state index contributed by atoms with van der Waals surface area (Å²) in [6.07, 6.45) is 5.69. The molecule has 0 saturated carbocycles. The van der Waals surface area contributed by atoms with Gasteiger partial charge in [0.15, 0.2) is 5.13 Å². The average Bonchev–Trinajstić information content (AvgIpc) is 3.26. The number of nitrogens with zero attached hydrogens (tertiary/aromatic N) is 3. The molecule has 1 saturated heterocycles. The first kappa shape index (κ1) is 21.4. The lowest BCUT2D eigenvalue weighted by atomic mass is 10.1. The van der Waals surface area contributed by atoms with Gasteiger partial charge in [-0.3, -0.25) is 4.79 Å². The van der Waals surface area contributed by atoms with Crippen LogP contribution in [0, 0.1) is 0 Å². The second kappa shape index (κ2) is 9.17. The van der Waals surface area contributed by atoms with Crippen molar-refractivity contribution in [3.05, 3.63) is 66.5 Å². The molecular weight excluding hydrogens is 434 g/mol. The third-order valence-electron chi connectivity index (χ3n) is 5.84. The highest BCUT2D eigenvalue weighted by molar-refractivity contribution is 7.18. The number of piperidine rings is 1. The molecule has 0 radical (unpaired) electrons. The summed E-state index contributed by atoms with van der Waals surface area (Å²) in [5.41, 5.74) is 7.34. The van der Waals surface area contributed by atoms with Crippen molar-refractivity contribution >= 4 is 39.0 Å². The van der Waals surface area contributed by atoms with Crippen LogP contribution in [0.1, 0.15) is 23.2 Å². The molecule has 1 fully saturated rings. The molecule has 4 aromatic rings. The van der Waals surface area contributed by atoms with E-state index in [0.29, 0.717) is 16.5 Å². The molecule has 5 rings (SSSR count). The molecule has 2 aromatic carbocycles. The van der Waals surface area contributed by atoms with Gasteiger partial charge in [-0.2, -0.15) is 0 Å². The van der Waals surface area contributed by atoms with Crippen LogP contribution in [0.4, 0.5) is 10.9 Å². The molecule has 1 amide bonds. The van der Waals surface area contributed by atoms with E-state index in [0.717, 1.165) is 52.9 Å². The summed E-state index contributed by atoms with van der Waals surface area (Å²) in [6, 6.07) is 15.3. The van der Waals surface area contributed by atoms with Gasteiger partial charge in [-0.05, 0) is 61.2 Å². The van der Waals surface area contributed by atoms with E-state index >= 15 is 0 Å². The Bertz CT molecular complexity index is 1300. The van der Waals surface area contributed by atoms with Gasteiger partial charge in [0, 0.05) is 36.4 Å². The van der Waals surface area contributed by atoms with Crippen LogP contribution in [0.3, 0.4) is 0 Å². The first-order chi connectivity index (χ1) is 16.0. The number of pyridine rings is 1. The predicted octanol–water partition coefficient (Wildman–Crippen LogP) is 4.67. The van der Waals surface area contributed by atoms with Gasteiger partial charge in [-0.25, -0.2) is 9.97 Å². The molecule has 0 spiro atoms. The lowest BCUT2D eigenvalue weighted by molar-refractivity contribution is 0.102. The monoisotopic (exact) mass is 459 g/mol. The van der Waals surface area contributed by atoms with Crippen molar-refractivity contribution in [3.63, 3.8) is 0 Å². The molecule has 1 aliphatic rings. The third-order valence-corrected chi connectivity index (χ3v) is 6.71. The number of thiazole rings is 1. The molecule has 33 heavy (non-hydrogen) atoms. The highest BCUT2D eigenvalue weighted by Gasteiger charge is 2.18. The summed E-state index contributed by atoms with van der Waals surface area (Å²) in [5.74, 6) is 0.995. The largest absolute Gasteiger partial charge is 0.490 e. The summed E-state index contributed by atoms with van der Waals surface area (Å²) < 4.78 is 6.12. The van der Waals surface area contributed by atoms with Gasteiger partial charge in [0.1, 0.15) is 17.7 Å². The molecule has 0 bridgehead atoms. The number of carbonyl (C=O) groups excluding carboxylic acids is 1. The zero-order chi connectivity index (χ0) is 22.8. The fourth-order valence-electron chi connectivity index (χ4n) is 3.98. The van der Waals surface area contributed by atoms with E-state index in [1.165, 1.54) is 11.3 Å². The number of likely N-dealkylation sites (tertiary alicyclic amines) is 1. The third kappa shape index (κ3) is 4.97. The van der Waals surface area contributed by atoms with Crippen molar-refractivity contribution in [1.29, 1.82) is 0 Å². The van der Waals surface area contributed by atoms with E-state index in [4.69, 9.17) is 10.5 Å². The number of nitrogens with one attached hydrogen (secondary N) is 1. The summed E-state index contributed by atoms with van der Waals surface area (Å²) >= 11 is 1.44. The highest BCUT2D eigenvalue weighted by atomic mass is 32.1. The molecular formula is C25H25N5O2S. The van der Waals surface area contributed by atoms with Crippen molar-refractivity contribution in [2.24, 2.45) is 0 Å². The molecule has 7 nitrogen and oxygen atoms in total. The smallest absolute Gasteiger partial charge is 0.256 e. The van der Waals surface area contributed by atoms with Crippen molar-refractivity contribution in [1.82, 2.24) is 14.9 Å². The van der Waals surface area contributed by atoms with Crippen molar-refractivity contribution in [2.75, 3.05) is 31.2 Å². The number of rotatable bonds is 5. The number of ether oxygens (including phenoxy) is 1. The Morgan fingerprint density at radius 2 is 1.94 bits per heavy atom. The zero-order valence-electron chi connectivity index (χ0n) is 18.3. The minimum absolute atomic E-state index is 0.185. The number of hydrogen-bond acceptors (Lipinski definition) is 7. The summed E-state index contributed by atoms with van der Waals surface area (Å²) in [5, 5.41) is 5.41. The topological polar surface area (TPSA) is 93.4 Å². The Morgan fingerprint density at radius 3 is 2.73 bits per heavy atom. The van der Waals surface area contributed by atoms with E-state index in [2.05, 4.69) is 33.3 Å². The Balaban J connectivity index is 1.31. The molecule has 168 valence electrons. The van der Waals surface area contributed by atoms with Gasteiger partial charge in [-0.1, -0.05) is 29.5 Å². The lowest BCUT2D eigenvalue weighted by Crippen LogP contribution is -2.35. The first-order valence-electron chi connectivity index (χ1n) is 10.9. The van der Waals surface area contributed by atoms with Crippen LogP contribution in [0.25, 0.3) is 21.2 Å². The van der Waals surface area contributed by atoms with Crippen LogP contribution < -0.4 is 15.8 Å². The number of anilines is 2. The van der Waals surface area contributed by atoms with Crippen LogP contribution in [0.2, 0.25) is 0 Å². The molecule has 3 N–H and O–H groups in total. The molecule has 1 aliphatic heterocycles. The second-order valence-electron chi connectivity index (χ2n) is 8.30. The first-order valence-corrected chi connectivity index (χ1v) is 11.7. The minimum Gasteiger partial charge on any atom is -0.490 e. The SMILES string of the molecule is CN1CCC(Oc2cccc(C(=O)Nc3cc4cc(-c5cnc(N)s5)ccc4cn3)c2)CC1. The average molecular weight is 460 g/mol. The maximum atomic E-state index is 12.9. The number of carbonyl (C=O) groups is 1. The van der Waals surface area contributed by atoms with Crippen LogP contribution >= 0.6 is 11.3 Å². The van der Waals surface area contributed by atoms with Gasteiger partial charge in [-0.15, -0.1) is 0 Å². The van der Waals surface area contributed by atoms with Gasteiger partial charge in [0.05, 0.1) is 4.88 Å². The van der Waals surface area contributed by atoms with E-state index in [1.807, 2.05) is 30.3 Å². The normalized spacial score (nSPS) is 14.9. The Hall–Kier alpha value is -3.49. The van der Waals surface area contributed by atoms with Gasteiger partial charge >= 0.3 is 0 Å². The molecule has 0 aliphatic carbocycles. The maximum absolute atomic E-state index is 12.9. The minimum atomic E-state index is -0.220. The summed E-state index contributed by atoms with van der Waals surface area (Å²) in [4.78, 5) is 24.7. The Labute approximate surface area is 196 Å². The van der Waals surface area contributed by atoms with E-state index in [1.54, 1.807) is 24.5 Å². The maximum Gasteiger partial charge on any atom is 0.256 e. The van der Waals surface area contributed by atoms with Crippen LogP contribution in [0.15, 0.2) is 60.9 Å². The number of fused-ring (bicyclic) bond motifs is 1. The standard InChI is InChI=1S/C25H25N5O2S/c1-30-9-7-20(8-10-30)32-21-4-2-3-17(12-21)24(31)29-23-13-19-11-16(5-6-18(19)14-27-23)22-15-28-25(26)33-22/h2-6,11-15,20H,7-10H2,1H3,(H2,26,28)(H,27,29,31). The van der Waals surface area contributed by atoms with Crippen molar-refractivity contribution in [3.8, 4) is 16.2 Å². The van der Waals surface area contributed by atoms with Crippen molar-refractivity contribution < 1.29 is 9.53 Å². The molecule has 3 heterocycles. The van der Waals surface area contributed by atoms with E-state index in [-0.39, 0.29) is 12.0 Å². The van der Waals surface area contributed by atoms with Gasteiger partial charge in [0.2, 0.25) is 0 Å². The second-order valence-corrected chi connectivity index (χ2v) is 9.36. The van der Waals surface area contributed by atoms with E-state index < -0.39 is 0 Å². The van der Waals surface area contributed by atoms with Crippen LogP contribution in [-0.4, -0.2) is 47.0 Å². The van der Waals surface area contributed by atoms with Crippen LogP contribution in [0.5, 0.6) is 5.75 Å². The number of nitrogens with two attached hydrogens (primary N) is 1. The molecule has 8 heteroatoms. The number of nitrogen functional groups attached to an aromatic ring is 1. The Kier molecular flexibility index (Phi) is 5.93.